The van der Waals surface area contributed by atoms with Crippen LogP contribution in [0.4, 0.5) is 11.4 Å². The highest BCUT2D eigenvalue weighted by Gasteiger charge is 2.35. The number of primary amides is 1. The third kappa shape index (κ3) is 3.10. The van der Waals surface area contributed by atoms with Gasteiger partial charge in [0.1, 0.15) is 11.8 Å². The number of hydrogen-bond donors (Lipinski definition) is 2. The van der Waals surface area contributed by atoms with Crippen molar-refractivity contribution >= 4 is 28.9 Å². The van der Waals surface area contributed by atoms with E-state index < -0.39 is 11.9 Å². The number of para-hydroxylation sites is 1. The highest BCUT2D eigenvalue weighted by molar-refractivity contribution is 6.44. The van der Waals surface area contributed by atoms with E-state index in [1.165, 1.54) is 5.01 Å². The Hall–Kier alpha value is -3.16. The molecule has 0 spiro atoms. The molecule has 0 bridgehead atoms. The fourth-order valence-corrected chi connectivity index (χ4v) is 2.83. The van der Waals surface area contributed by atoms with Crippen LogP contribution in [0.3, 0.4) is 0 Å². The summed E-state index contributed by atoms with van der Waals surface area (Å²) in [5, 5.41) is 12.9. The Labute approximate surface area is 145 Å². The normalized spacial score (nSPS) is 16.7. The number of amides is 2. The third-order valence-corrected chi connectivity index (χ3v) is 4.27. The Morgan fingerprint density at radius 2 is 1.92 bits per heavy atom. The lowest BCUT2D eigenvalue weighted by Gasteiger charge is -2.20. The molecule has 2 aromatic rings. The fraction of sp³-hybridized carbons (Fsp3) is 0.294. The molecule has 3 N–H and O–H groups in total. The molecule has 0 radical (unpaired) electrons. The predicted molar refractivity (Wildman–Crippen MR) is 95.3 cm³/mol. The van der Waals surface area contributed by atoms with Crippen molar-refractivity contribution in [2.24, 2.45) is 17.9 Å². The number of nitrogens with one attached hydrogen (secondary N) is 1. The number of carbonyl (C=O) groups is 2. The minimum Gasteiger partial charge on any atom is -0.368 e. The molecule has 130 valence electrons. The van der Waals surface area contributed by atoms with Crippen molar-refractivity contribution in [1.82, 2.24) is 9.78 Å². The van der Waals surface area contributed by atoms with Crippen molar-refractivity contribution in [3.63, 3.8) is 0 Å². The van der Waals surface area contributed by atoms with Crippen molar-refractivity contribution in [3.8, 4) is 0 Å². The number of hydrazone groups is 1. The molecular formula is C17H20N6O2. The molecule has 1 aliphatic rings. The lowest BCUT2D eigenvalue weighted by Crippen LogP contribution is -2.39. The van der Waals surface area contributed by atoms with Crippen LogP contribution in [0.2, 0.25) is 0 Å². The number of nitrogens with zero attached hydrogens (tertiary/aromatic N) is 4. The van der Waals surface area contributed by atoms with Crippen LogP contribution in [-0.2, 0) is 16.6 Å². The first kappa shape index (κ1) is 16.7. The van der Waals surface area contributed by atoms with Crippen LogP contribution >= 0.6 is 0 Å². The summed E-state index contributed by atoms with van der Waals surface area (Å²) in [6.45, 7) is 3.69. The van der Waals surface area contributed by atoms with Crippen LogP contribution in [0.25, 0.3) is 0 Å². The molecule has 2 heterocycles. The van der Waals surface area contributed by atoms with Gasteiger partial charge in [0.15, 0.2) is 0 Å². The maximum Gasteiger partial charge on any atom is 0.272 e. The van der Waals surface area contributed by atoms with E-state index in [0.717, 1.165) is 11.4 Å². The van der Waals surface area contributed by atoms with E-state index in [-0.39, 0.29) is 18.0 Å². The Bertz CT molecular complexity index is 856. The van der Waals surface area contributed by atoms with Crippen molar-refractivity contribution in [2.45, 2.75) is 26.3 Å². The van der Waals surface area contributed by atoms with Crippen molar-refractivity contribution < 1.29 is 9.59 Å². The summed E-state index contributed by atoms with van der Waals surface area (Å²) in [6, 6.07) is 8.49. The molecule has 0 aliphatic carbocycles. The highest BCUT2D eigenvalue weighted by Crippen LogP contribution is 2.25. The van der Waals surface area contributed by atoms with Crippen LogP contribution in [0.15, 0.2) is 35.4 Å². The second kappa shape index (κ2) is 6.39. The molecule has 8 nitrogen and oxygen atoms in total. The third-order valence-electron chi connectivity index (χ3n) is 4.27. The fourth-order valence-electron chi connectivity index (χ4n) is 2.83. The van der Waals surface area contributed by atoms with Gasteiger partial charge in [-0.1, -0.05) is 18.2 Å². The number of nitrogens with two attached hydrogens (primary N) is 1. The van der Waals surface area contributed by atoms with Gasteiger partial charge in [-0.15, -0.1) is 0 Å². The van der Waals surface area contributed by atoms with Gasteiger partial charge in [-0.3, -0.25) is 19.3 Å². The summed E-state index contributed by atoms with van der Waals surface area (Å²) in [6.07, 6.45) is 0.161. The zero-order chi connectivity index (χ0) is 18.1. The molecule has 1 aromatic heterocycles. The monoisotopic (exact) mass is 340 g/mol. The van der Waals surface area contributed by atoms with E-state index in [4.69, 9.17) is 5.73 Å². The van der Waals surface area contributed by atoms with E-state index in [1.54, 1.807) is 4.68 Å². The predicted octanol–water partition coefficient (Wildman–Crippen LogP) is 1.10. The van der Waals surface area contributed by atoms with Crippen LogP contribution in [0.1, 0.15) is 17.8 Å². The van der Waals surface area contributed by atoms with Crippen molar-refractivity contribution in [3.05, 3.63) is 41.7 Å². The lowest BCUT2D eigenvalue weighted by atomic mass is 10.1. The van der Waals surface area contributed by atoms with Gasteiger partial charge in [0.05, 0.1) is 22.8 Å². The van der Waals surface area contributed by atoms with Crippen molar-refractivity contribution in [2.75, 3.05) is 10.3 Å². The van der Waals surface area contributed by atoms with Gasteiger partial charge in [-0.2, -0.15) is 10.2 Å². The van der Waals surface area contributed by atoms with Crippen LogP contribution in [0, 0.1) is 13.8 Å². The first-order valence-corrected chi connectivity index (χ1v) is 7.91. The average Bonchev–Trinajstić information content (AvgIpc) is 3.13. The van der Waals surface area contributed by atoms with Gasteiger partial charge in [0.2, 0.25) is 5.91 Å². The highest BCUT2D eigenvalue weighted by atomic mass is 16.2. The zero-order valence-electron chi connectivity index (χ0n) is 14.4. The quantitative estimate of drug-likeness (QED) is 0.869. The first-order valence-electron chi connectivity index (χ1n) is 7.91. The van der Waals surface area contributed by atoms with E-state index in [1.807, 2.05) is 51.2 Å². The standard InChI is InChI=1S/C17H20N6O2/c1-10-15(11(2)22(3)20-10)19-17(25)13-9-14(16(18)24)23(21-13)12-7-5-4-6-8-12/h4-8,14H,9H2,1-3H3,(H2,18,24)(H,19,25)/t14-/m0/s1. The maximum atomic E-state index is 12.6. The Morgan fingerprint density at radius 3 is 2.48 bits per heavy atom. The molecule has 25 heavy (non-hydrogen) atoms. The Morgan fingerprint density at radius 1 is 1.24 bits per heavy atom. The van der Waals surface area contributed by atoms with Gasteiger partial charge in [-0.25, -0.2) is 0 Å². The number of benzene rings is 1. The zero-order valence-corrected chi connectivity index (χ0v) is 14.4. The van der Waals surface area contributed by atoms with E-state index in [0.29, 0.717) is 11.4 Å². The van der Waals surface area contributed by atoms with Crippen molar-refractivity contribution in [1.29, 1.82) is 0 Å². The molecule has 0 saturated carbocycles. The molecule has 1 atom stereocenters. The molecule has 3 rings (SSSR count). The number of aryl methyl sites for hydroxylation is 2. The minimum atomic E-state index is -0.681. The molecule has 1 aromatic carbocycles. The van der Waals surface area contributed by atoms with E-state index in [9.17, 15) is 9.59 Å². The minimum absolute atomic E-state index is 0.161. The average molecular weight is 340 g/mol. The molecule has 1 aliphatic heterocycles. The summed E-state index contributed by atoms with van der Waals surface area (Å²) in [7, 11) is 1.81. The van der Waals surface area contributed by atoms with Gasteiger partial charge < -0.3 is 11.1 Å². The SMILES string of the molecule is Cc1nn(C)c(C)c1NC(=O)C1=NN(c2ccccc2)[C@H](C(N)=O)C1. The topological polar surface area (TPSA) is 106 Å². The number of carbonyl (C=O) groups excluding carboxylic acids is 2. The summed E-state index contributed by atoms with van der Waals surface area (Å²) < 4.78 is 1.70. The Balaban J connectivity index is 1.86. The summed E-state index contributed by atoms with van der Waals surface area (Å²) in [4.78, 5) is 24.4. The number of rotatable bonds is 4. The summed E-state index contributed by atoms with van der Waals surface area (Å²) >= 11 is 0. The van der Waals surface area contributed by atoms with Crippen LogP contribution in [-0.4, -0.2) is 33.3 Å². The number of aromatic nitrogens is 2. The van der Waals surface area contributed by atoms with Gasteiger partial charge in [-0.05, 0) is 26.0 Å². The second-order valence-corrected chi connectivity index (χ2v) is 5.97. The van der Waals surface area contributed by atoms with E-state index in [2.05, 4.69) is 15.5 Å². The largest absolute Gasteiger partial charge is 0.368 e. The molecule has 0 saturated heterocycles. The molecule has 2 amide bonds. The smallest absolute Gasteiger partial charge is 0.272 e. The second-order valence-electron chi connectivity index (χ2n) is 5.97. The van der Waals surface area contributed by atoms with Gasteiger partial charge in [0, 0.05) is 13.5 Å². The maximum absolute atomic E-state index is 12.6. The van der Waals surface area contributed by atoms with E-state index >= 15 is 0 Å². The van der Waals surface area contributed by atoms with Crippen LogP contribution in [0.5, 0.6) is 0 Å². The summed E-state index contributed by atoms with van der Waals surface area (Å²) in [5.74, 6) is -0.881. The number of anilines is 2. The summed E-state index contributed by atoms with van der Waals surface area (Å²) in [5.41, 5.74) is 8.68. The lowest BCUT2D eigenvalue weighted by molar-refractivity contribution is -0.119. The van der Waals surface area contributed by atoms with Gasteiger partial charge in [0.25, 0.3) is 5.91 Å². The van der Waals surface area contributed by atoms with Crippen LogP contribution < -0.4 is 16.1 Å². The molecule has 0 fully saturated rings. The molecular weight excluding hydrogens is 320 g/mol. The van der Waals surface area contributed by atoms with Gasteiger partial charge >= 0.3 is 0 Å². The first-order chi connectivity index (χ1) is 11.9. The Kier molecular flexibility index (Phi) is 4.26. The number of hydrogen-bond acceptors (Lipinski definition) is 5. The molecule has 0 unspecified atom stereocenters. The molecule has 8 heteroatoms.